The van der Waals surface area contributed by atoms with Crippen molar-refractivity contribution in [2.45, 2.75) is 19.0 Å². The number of aromatic nitrogens is 2. The Hall–Kier alpha value is -3.36. The van der Waals surface area contributed by atoms with E-state index in [1.807, 2.05) is 0 Å². The highest BCUT2D eigenvalue weighted by Crippen LogP contribution is 2.30. The lowest BCUT2D eigenvalue weighted by Gasteiger charge is -2.18. The van der Waals surface area contributed by atoms with Gasteiger partial charge in [0.1, 0.15) is 5.76 Å². The van der Waals surface area contributed by atoms with Crippen LogP contribution in [0.1, 0.15) is 18.5 Å². The van der Waals surface area contributed by atoms with Gasteiger partial charge < -0.3 is 18.7 Å². The third-order valence-electron chi connectivity index (χ3n) is 3.79. The molecule has 0 saturated carbocycles. The van der Waals surface area contributed by atoms with Crippen LogP contribution in [0, 0.1) is 0 Å². The van der Waals surface area contributed by atoms with E-state index in [1.165, 1.54) is 12.5 Å². The van der Waals surface area contributed by atoms with Crippen molar-refractivity contribution in [1.82, 2.24) is 20.4 Å². The monoisotopic (exact) mass is 328 g/mol. The van der Waals surface area contributed by atoms with Gasteiger partial charge in [-0.3, -0.25) is 9.69 Å². The van der Waals surface area contributed by atoms with Gasteiger partial charge >= 0.3 is 6.03 Å². The van der Waals surface area contributed by atoms with Crippen LogP contribution in [0.4, 0.5) is 4.79 Å². The molecule has 4 heterocycles. The first-order valence-corrected chi connectivity index (χ1v) is 7.12. The highest BCUT2D eigenvalue weighted by atomic mass is 16.5. The van der Waals surface area contributed by atoms with E-state index < -0.39 is 17.5 Å². The van der Waals surface area contributed by atoms with E-state index >= 15 is 0 Å². The maximum absolute atomic E-state index is 12.7. The molecule has 1 N–H and O–H groups in total. The van der Waals surface area contributed by atoms with Crippen LogP contribution in [0.2, 0.25) is 0 Å². The summed E-state index contributed by atoms with van der Waals surface area (Å²) in [7, 11) is 0. The second kappa shape index (κ2) is 5.08. The zero-order chi connectivity index (χ0) is 16.7. The van der Waals surface area contributed by atoms with Crippen molar-refractivity contribution in [2.75, 3.05) is 0 Å². The molecule has 1 aliphatic rings. The van der Waals surface area contributed by atoms with Gasteiger partial charge in [-0.05, 0) is 31.2 Å². The lowest BCUT2D eigenvalue weighted by atomic mass is 9.99. The first-order valence-electron chi connectivity index (χ1n) is 7.12. The number of furan rings is 2. The summed E-state index contributed by atoms with van der Waals surface area (Å²) in [6, 6.07) is 6.08. The smallest absolute Gasteiger partial charge is 0.325 e. The number of nitrogens with zero attached hydrogens (tertiary/aromatic N) is 3. The van der Waals surface area contributed by atoms with Gasteiger partial charge in [-0.1, -0.05) is 5.16 Å². The van der Waals surface area contributed by atoms with E-state index in [-0.39, 0.29) is 18.3 Å². The highest BCUT2D eigenvalue weighted by Gasteiger charge is 2.51. The van der Waals surface area contributed by atoms with Crippen LogP contribution in [-0.4, -0.2) is 27.0 Å². The number of amides is 3. The molecule has 3 aromatic heterocycles. The number of hydrogen-bond donors (Lipinski definition) is 1. The van der Waals surface area contributed by atoms with Crippen LogP contribution < -0.4 is 5.32 Å². The van der Waals surface area contributed by atoms with E-state index in [2.05, 4.69) is 15.5 Å². The zero-order valence-electron chi connectivity index (χ0n) is 12.6. The number of rotatable bonds is 4. The van der Waals surface area contributed by atoms with Crippen molar-refractivity contribution in [3.8, 4) is 11.7 Å². The lowest BCUT2D eigenvalue weighted by molar-refractivity contribution is -0.132. The van der Waals surface area contributed by atoms with Gasteiger partial charge in [0.2, 0.25) is 0 Å². The van der Waals surface area contributed by atoms with Gasteiger partial charge in [0.25, 0.3) is 11.8 Å². The Labute approximate surface area is 135 Å². The summed E-state index contributed by atoms with van der Waals surface area (Å²) in [6.45, 7) is 1.46. The van der Waals surface area contributed by atoms with Crippen LogP contribution in [0.5, 0.6) is 0 Å². The SMILES string of the molecule is C[C@@]1(c2ccco2)NC(=O)N(Cc2noc(-c3ccco3)n2)C1=O. The summed E-state index contributed by atoms with van der Waals surface area (Å²) in [5.41, 5.74) is -1.26. The minimum absolute atomic E-state index is 0.120. The van der Waals surface area contributed by atoms with Crippen LogP contribution in [0.15, 0.2) is 50.1 Å². The summed E-state index contributed by atoms with van der Waals surface area (Å²) >= 11 is 0. The normalized spacial score (nSPS) is 20.6. The third kappa shape index (κ3) is 2.09. The molecule has 3 aromatic rings. The second-order valence-corrected chi connectivity index (χ2v) is 5.42. The average molecular weight is 328 g/mol. The molecule has 0 radical (unpaired) electrons. The van der Waals surface area contributed by atoms with Gasteiger partial charge in [-0.25, -0.2) is 4.79 Å². The van der Waals surface area contributed by atoms with Crippen LogP contribution in [-0.2, 0) is 16.9 Å². The second-order valence-electron chi connectivity index (χ2n) is 5.42. The van der Waals surface area contributed by atoms with Gasteiger partial charge in [0.15, 0.2) is 17.1 Å². The summed E-state index contributed by atoms with van der Waals surface area (Å²) in [6.07, 6.45) is 2.92. The Balaban J connectivity index is 1.57. The molecule has 3 amide bonds. The fourth-order valence-corrected chi connectivity index (χ4v) is 2.53. The fourth-order valence-electron chi connectivity index (χ4n) is 2.53. The number of carbonyl (C=O) groups is 2. The summed E-state index contributed by atoms with van der Waals surface area (Å²) in [5.74, 6) is 0.676. The Morgan fingerprint density at radius 1 is 1.21 bits per heavy atom. The molecule has 0 aliphatic carbocycles. The van der Waals surface area contributed by atoms with Crippen LogP contribution in [0.3, 0.4) is 0 Å². The van der Waals surface area contributed by atoms with Gasteiger partial charge in [-0.15, -0.1) is 0 Å². The minimum Gasteiger partial charge on any atom is -0.466 e. The van der Waals surface area contributed by atoms with Crippen molar-refractivity contribution < 1.29 is 22.9 Å². The number of urea groups is 1. The standard InChI is InChI=1S/C15H12N4O5/c1-15(10-5-3-7-23-10)13(20)19(14(21)17-15)8-11-16-12(24-18-11)9-4-2-6-22-9/h2-7H,8H2,1H3,(H,17,21)/t15-/m0/s1. The first-order chi connectivity index (χ1) is 11.6. The number of hydrogen-bond acceptors (Lipinski definition) is 7. The lowest BCUT2D eigenvalue weighted by Crippen LogP contribution is -2.40. The average Bonchev–Trinajstić information content (AvgIpc) is 3.34. The van der Waals surface area contributed by atoms with Crippen molar-refractivity contribution in [3.63, 3.8) is 0 Å². The Morgan fingerprint density at radius 3 is 2.71 bits per heavy atom. The van der Waals surface area contributed by atoms with Crippen molar-refractivity contribution in [3.05, 3.63) is 48.4 Å². The van der Waals surface area contributed by atoms with Crippen molar-refractivity contribution >= 4 is 11.9 Å². The van der Waals surface area contributed by atoms with E-state index in [9.17, 15) is 9.59 Å². The van der Waals surface area contributed by atoms with Gasteiger partial charge in [0.05, 0.1) is 19.1 Å². The predicted molar refractivity (Wildman–Crippen MR) is 77.1 cm³/mol. The van der Waals surface area contributed by atoms with Gasteiger partial charge in [-0.2, -0.15) is 4.98 Å². The zero-order valence-corrected chi connectivity index (χ0v) is 12.6. The molecule has 0 bridgehead atoms. The Morgan fingerprint density at radius 2 is 2.00 bits per heavy atom. The minimum atomic E-state index is -1.26. The van der Waals surface area contributed by atoms with E-state index in [0.29, 0.717) is 11.5 Å². The number of imide groups is 1. The molecule has 4 rings (SSSR count). The van der Waals surface area contributed by atoms with Gasteiger partial charge in [0, 0.05) is 0 Å². The molecule has 9 heteroatoms. The van der Waals surface area contributed by atoms with E-state index in [1.54, 1.807) is 31.2 Å². The molecule has 122 valence electrons. The molecule has 0 spiro atoms. The molecule has 1 saturated heterocycles. The highest BCUT2D eigenvalue weighted by molar-refractivity contribution is 6.06. The van der Waals surface area contributed by atoms with E-state index in [0.717, 1.165) is 4.90 Å². The number of nitrogens with one attached hydrogen (secondary N) is 1. The topological polar surface area (TPSA) is 115 Å². The molecular formula is C15H12N4O5. The maximum atomic E-state index is 12.7. The molecule has 0 aromatic carbocycles. The molecule has 1 aliphatic heterocycles. The number of carbonyl (C=O) groups excluding carboxylic acids is 2. The molecular weight excluding hydrogens is 316 g/mol. The molecule has 1 atom stereocenters. The third-order valence-corrected chi connectivity index (χ3v) is 3.79. The summed E-state index contributed by atoms with van der Waals surface area (Å²) in [4.78, 5) is 30.0. The Kier molecular flexibility index (Phi) is 3.02. The van der Waals surface area contributed by atoms with E-state index in [4.69, 9.17) is 13.4 Å². The van der Waals surface area contributed by atoms with Crippen molar-refractivity contribution in [1.29, 1.82) is 0 Å². The molecule has 24 heavy (non-hydrogen) atoms. The van der Waals surface area contributed by atoms with Crippen LogP contribution >= 0.6 is 0 Å². The van der Waals surface area contributed by atoms with Crippen molar-refractivity contribution in [2.24, 2.45) is 0 Å². The quantitative estimate of drug-likeness (QED) is 0.727. The summed E-state index contributed by atoms with van der Waals surface area (Å²) < 4.78 is 15.5. The fraction of sp³-hybridized carbons (Fsp3) is 0.200. The molecule has 1 fully saturated rings. The molecule has 9 nitrogen and oxygen atoms in total. The first kappa shape index (κ1) is 14.2. The largest absolute Gasteiger partial charge is 0.466 e. The summed E-state index contributed by atoms with van der Waals surface area (Å²) in [5, 5.41) is 6.40. The molecule has 0 unspecified atom stereocenters. The maximum Gasteiger partial charge on any atom is 0.325 e. The predicted octanol–water partition coefficient (Wildman–Crippen LogP) is 1.89. The van der Waals surface area contributed by atoms with Crippen LogP contribution in [0.25, 0.3) is 11.7 Å². The Bertz CT molecular complexity index is 883.